The maximum absolute atomic E-state index is 6.44. The van der Waals surface area contributed by atoms with Crippen molar-refractivity contribution >= 4 is 11.6 Å². The van der Waals surface area contributed by atoms with E-state index in [0.29, 0.717) is 5.38 Å². The lowest BCUT2D eigenvalue weighted by Gasteiger charge is -2.34. The van der Waals surface area contributed by atoms with Crippen molar-refractivity contribution in [1.82, 2.24) is 0 Å². The number of hydrogen-bond acceptors (Lipinski definition) is 1. The molecule has 2 aliphatic rings. The first-order valence-corrected chi connectivity index (χ1v) is 6.91. The first kappa shape index (κ1) is 11.7. The van der Waals surface area contributed by atoms with Gasteiger partial charge in [-0.25, -0.2) is 0 Å². The minimum Gasteiger partial charge on any atom is -0.381 e. The molecule has 0 aromatic carbocycles. The highest BCUT2D eigenvalue weighted by atomic mass is 35.5. The fourth-order valence-corrected chi connectivity index (χ4v) is 3.45. The van der Waals surface area contributed by atoms with Gasteiger partial charge in [0.05, 0.1) is 0 Å². The maximum atomic E-state index is 6.44. The fourth-order valence-electron chi connectivity index (χ4n) is 3.12. The Labute approximate surface area is 98.5 Å². The van der Waals surface area contributed by atoms with E-state index in [0.717, 1.165) is 31.0 Å². The minimum atomic E-state index is 0.448. The van der Waals surface area contributed by atoms with E-state index in [2.05, 4.69) is 6.92 Å². The Bertz CT molecular complexity index is 189. The summed E-state index contributed by atoms with van der Waals surface area (Å²) in [4.78, 5) is 0. The number of halogens is 1. The third-order valence-corrected chi connectivity index (χ3v) is 4.70. The van der Waals surface area contributed by atoms with E-state index in [9.17, 15) is 0 Å². The fraction of sp³-hybridized carbons (Fsp3) is 1.00. The lowest BCUT2D eigenvalue weighted by molar-refractivity contribution is 0.0550. The van der Waals surface area contributed by atoms with E-state index in [-0.39, 0.29) is 0 Å². The Morgan fingerprint density at radius 3 is 2.60 bits per heavy atom. The zero-order valence-corrected chi connectivity index (χ0v) is 10.5. The van der Waals surface area contributed by atoms with Crippen LogP contribution in [0.25, 0.3) is 0 Å². The molecule has 1 aliphatic heterocycles. The van der Waals surface area contributed by atoms with Gasteiger partial charge in [-0.3, -0.25) is 0 Å². The molecular weight excluding hydrogens is 208 g/mol. The van der Waals surface area contributed by atoms with Crippen molar-refractivity contribution in [3.8, 4) is 0 Å². The summed E-state index contributed by atoms with van der Waals surface area (Å²) in [5, 5.41) is 0.448. The molecule has 3 atom stereocenters. The highest BCUT2D eigenvalue weighted by Gasteiger charge is 2.29. The highest BCUT2D eigenvalue weighted by molar-refractivity contribution is 6.20. The topological polar surface area (TPSA) is 9.23 Å². The number of ether oxygens (including phenoxy) is 1. The molecule has 1 saturated carbocycles. The number of alkyl halides is 1. The lowest BCUT2D eigenvalue weighted by atomic mass is 9.76. The first-order chi connectivity index (χ1) is 7.25. The van der Waals surface area contributed by atoms with E-state index in [1.807, 2.05) is 0 Å². The normalized spacial score (nSPS) is 39.2. The van der Waals surface area contributed by atoms with Crippen molar-refractivity contribution in [2.24, 2.45) is 17.8 Å². The molecule has 1 nitrogen and oxygen atoms in total. The van der Waals surface area contributed by atoms with Gasteiger partial charge < -0.3 is 4.74 Å². The summed E-state index contributed by atoms with van der Waals surface area (Å²) >= 11 is 6.44. The van der Waals surface area contributed by atoms with Gasteiger partial charge >= 0.3 is 0 Å². The second kappa shape index (κ2) is 5.54. The molecule has 0 aromatic rings. The molecule has 1 saturated heterocycles. The molecule has 2 heteroatoms. The maximum Gasteiger partial charge on any atom is 0.0468 e. The predicted octanol–water partition coefficient (Wildman–Crippen LogP) is 3.85. The van der Waals surface area contributed by atoms with Gasteiger partial charge in [0.1, 0.15) is 0 Å². The average molecular weight is 231 g/mol. The van der Waals surface area contributed by atoms with Gasteiger partial charge in [-0.05, 0) is 56.3 Å². The van der Waals surface area contributed by atoms with Crippen LogP contribution < -0.4 is 0 Å². The summed E-state index contributed by atoms with van der Waals surface area (Å²) in [5.41, 5.74) is 0. The largest absolute Gasteiger partial charge is 0.381 e. The lowest BCUT2D eigenvalue weighted by Crippen LogP contribution is -2.28. The Morgan fingerprint density at radius 1 is 1.13 bits per heavy atom. The van der Waals surface area contributed by atoms with Gasteiger partial charge in [-0.15, -0.1) is 11.6 Å². The zero-order valence-electron chi connectivity index (χ0n) is 9.75. The van der Waals surface area contributed by atoms with Gasteiger partial charge in [-0.1, -0.05) is 6.92 Å². The molecule has 0 aromatic heterocycles. The molecule has 1 aliphatic carbocycles. The summed E-state index contributed by atoms with van der Waals surface area (Å²) in [6, 6.07) is 0. The molecule has 15 heavy (non-hydrogen) atoms. The highest BCUT2D eigenvalue weighted by Crippen LogP contribution is 2.37. The Morgan fingerprint density at radius 2 is 1.87 bits per heavy atom. The molecule has 2 fully saturated rings. The van der Waals surface area contributed by atoms with Crippen LogP contribution in [0, 0.1) is 17.8 Å². The monoisotopic (exact) mass is 230 g/mol. The molecule has 0 bridgehead atoms. The van der Waals surface area contributed by atoms with E-state index < -0.39 is 0 Å². The summed E-state index contributed by atoms with van der Waals surface area (Å²) in [6.07, 6.45) is 7.78. The van der Waals surface area contributed by atoms with Crippen molar-refractivity contribution in [2.75, 3.05) is 13.2 Å². The van der Waals surface area contributed by atoms with Gasteiger partial charge in [0.15, 0.2) is 0 Å². The van der Waals surface area contributed by atoms with Crippen LogP contribution in [0.5, 0.6) is 0 Å². The van der Waals surface area contributed by atoms with Gasteiger partial charge in [0.25, 0.3) is 0 Å². The van der Waals surface area contributed by atoms with Crippen LogP contribution >= 0.6 is 11.6 Å². The van der Waals surface area contributed by atoms with Gasteiger partial charge in [-0.2, -0.15) is 0 Å². The van der Waals surface area contributed by atoms with Crippen molar-refractivity contribution in [3.05, 3.63) is 0 Å². The molecule has 0 amide bonds. The van der Waals surface area contributed by atoms with Crippen LogP contribution in [0.15, 0.2) is 0 Å². The minimum absolute atomic E-state index is 0.448. The van der Waals surface area contributed by atoms with Crippen molar-refractivity contribution in [2.45, 2.75) is 50.8 Å². The summed E-state index contributed by atoms with van der Waals surface area (Å²) in [7, 11) is 0. The van der Waals surface area contributed by atoms with Crippen molar-refractivity contribution < 1.29 is 4.74 Å². The smallest absolute Gasteiger partial charge is 0.0468 e. The number of rotatable bonds is 2. The summed E-state index contributed by atoms with van der Waals surface area (Å²) < 4.78 is 5.40. The Balaban J connectivity index is 1.80. The van der Waals surface area contributed by atoms with E-state index >= 15 is 0 Å². The standard InChI is InChI=1S/C13H23ClO/c1-10-2-3-13(14)12(8-10)9-11-4-6-15-7-5-11/h10-13H,2-9H2,1H3. The molecule has 3 unspecified atom stereocenters. The molecule has 0 spiro atoms. The quantitative estimate of drug-likeness (QED) is 0.655. The molecular formula is C13H23ClO. The predicted molar refractivity (Wildman–Crippen MR) is 64.3 cm³/mol. The van der Waals surface area contributed by atoms with Crippen LogP contribution in [-0.4, -0.2) is 18.6 Å². The van der Waals surface area contributed by atoms with Gasteiger partial charge in [0, 0.05) is 18.6 Å². The van der Waals surface area contributed by atoms with Crippen LogP contribution in [0.2, 0.25) is 0 Å². The van der Waals surface area contributed by atoms with Crippen LogP contribution in [-0.2, 0) is 4.74 Å². The van der Waals surface area contributed by atoms with Crippen LogP contribution in [0.4, 0.5) is 0 Å². The third kappa shape index (κ3) is 3.35. The molecule has 1 heterocycles. The molecule has 2 rings (SSSR count). The van der Waals surface area contributed by atoms with Crippen LogP contribution in [0.3, 0.4) is 0 Å². The Kier molecular flexibility index (Phi) is 4.33. The SMILES string of the molecule is CC1CCC(Cl)C(CC2CCOCC2)C1. The van der Waals surface area contributed by atoms with E-state index in [1.54, 1.807) is 0 Å². The molecule has 0 radical (unpaired) electrons. The first-order valence-electron chi connectivity index (χ1n) is 6.47. The summed E-state index contributed by atoms with van der Waals surface area (Å²) in [6.45, 7) is 4.32. The molecule has 0 N–H and O–H groups in total. The zero-order chi connectivity index (χ0) is 10.7. The molecule has 88 valence electrons. The van der Waals surface area contributed by atoms with E-state index in [4.69, 9.17) is 16.3 Å². The summed E-state index contributed by atoms with van der Waals surface area (Å²) in [5.74, 6) is 2.55. The van der Waals surface area contributed by atoms with Crippen molar-refractivity contribution in [1.29, 1.82) is 0 Å². The average Bonchev–Trinajstić information content (AvgIpc) is 2.25. The number of hydrogen-bond donors (Lipinski definition) is 0. The Hall–Kier alpha value is 0.250. The third-order valence-electron chi connectivity index (χ3n) is 4.13. The van der Waals surface area contributed by atoms with E-state index in [1.165, 1.54) is 38.5 Å². The second-order valence-corrected chi connectivity index (χ2v) is 6.05. The van der Waals surface area contributed by atoms with Gasteiger partial charge in [0.2, 0.25) is 0 Å². The van der Waals surface area contributed by atoms with Crippen LogP contribution in [0.1, 0.15) is 45.4 Å². The second-order valence-electron chi connectivity index (χ2n) is 5.49. The van der Waals surface area contributed by atoms with Crippen molar-refractivity contribution in [3.63, 3.8) is 0 Å².